The van der Waals surface area contributed by atoms with Crippen molar-refractivity contribution < 1.29 is 10.2 Å². The number of nitrogens with zero attached hydrogens (tertiary/aromatic N) is 1. The van der Waals surface area contributed by atoms with Crippen LogP contribution < -0.4 is 0 Å². The first-order chi connectivity index (χ1) is 6.15. The maximum absolute atomic E-state index is 9.51. The van der Waals surface area contributed by atoms with Crippen molar-refractivity contribution in [1.29, 1.82) is 0 Å². The highest BCUT2D eigenvalue weighted by atomic mass is 79.9. The summed E-state index contributed by atoms with van der Waals surface area (Å²) in [6, 6.07) is 3.14. The quantitative estimate of drug-likeness (QED) is 0.816. The van der Waals surface area contributed by atoms with Crippen LogP contribution in [0.5, 0.6) is 0 Å². The van der Waals surface area contributed by atoms with E-state index in [-0.39, 0.29) is 0 Å². The number of pyridine rings is 1. The van der Waals surface area contributed by atoms with E-state index in [2.05, 4.69) is 20.9 Å². The Balaban J connectivity index is 2.82. The molecule has 1 aromatic heterocycles. The third kappa shape index (κ3) is 2.91. The molecule has 0 aliphatic heterocycles. The second-order valence-corrected chi connectivity index (χ2v) is 3.65. The Morgan fingerprint density at radius 1 is 1.54 bits per heavy atom. The molecule has 72 valence electrons. The predicted octanol–water partition coefficient (Wildman–Crippen LogP) is 1.52. The molecule has 0 radical (unpaired) electrons. The van der Waals surface area contributed by atoms with Crippen LogP contribution in [-0.2, 0) is 0 Å². The molecular weight excluding hydrogens is 257 g/mol. The van der Waals surface area contributed by atoms with Crippen LogP contribution in [0.1, 0.15) is 11.8 Å². The molecule has 0 aromatic carbocycles. The van der Waals surface area contributed by atoms with Gasteiger partial charge in [-0.2, -0.15) is 0 Å². The summed E-state index contributed by atoms with van der Waals surface area (Å²) in [4.78, 5) is 3.89. The lowest BCUT2D eigenvalue weighted by molar-refractivity contribution is 0.0315. The van der Waals surface area contributed by atoms with Gasteiger partial charge in [-0.25, -0.2) is 0 Å². The number of aromatic nitrogens is 1. The molecule has 2 atom stereocenters. The Morgan fingerprint density at radius 3 is 2.77 bits per heavy atom. The highest BCUT2D eigenvalue weighted by Gasteiger charge is 2.18. The van der Waals surface area contributed by atoms with Gasteiger partial charge in [0.05, 0.1) is 11.8 Å². The maximum Gasteiger partial charge on any atom is 0.123 e. The minimum atomic E-state index is -1.00. The Kier molecular flexibility index (Phi) is 4.12. The molecule has 1 heterocycles. The first-order valence-corrected chi connectivity index (χ1v) is 5.18. The average molecular weight is 267 g/mol. The molecule has 5 heteroatoms. The van der Waals surface area contributed by atoms with E-state index >= 15 is 0 Å². The monoisotopic (exact) mass is 265 g/mol. The van der Waals surface area contributed by atoms with E-state index in [1.165, 1.54) is 12.3 Å². The number of rotatable bonds is 3. The van der Waals surface area contributed by atoms with Gasteiger partial charge in [-0.05, 0) is 12.1 Å². The molecule has 13 heavy (non-hydrogen) atoms. The van der Waals surface area contributed by atoms with E-state index < -0.39 is 12.2 Å². The minimum Gasteiger partial charge on any atom is -0.389 e. The number of hydrogen-bond donors (Lipinski definition) is 2. The van der Waals surface area contributed by atoms with Gasteiger partial charge in [0, 0.05) is 16.5 Å². The Bertz CT molecular complexity index is 285. The van der Waals surface area contributed by atoms with E-state index in [1.54, 1.807) is 6.07 Å². The van der Waals surface area contributed by atoms with Crippen LogP contribution in [-0.4, -0.2) is 26.6 Å². The lowest BCUT2D eigenvalue weighted by Crippen LogP contribution is -2.20. The fraction of sp³-hybridized carbons (Fsp3) is 0.375. The van der Waals surface area contributed by atoms with Crippen LogP contribution in [0.3, 0.4) is 0 Å². The summed E-state index contributed by atoms with van der Waals surface area (Å²) in [5.41, 5.74) is 0.374. The largest absolute Gasteiger partial charge is 0.389 e. The second-order valence-electron chi connectivity index (χ2n) is 2.57. The fourth-order valence-corrected chi connectivity index (χ4v) is 1.39. The van der Waals surface area contributed by atoms with Gasteiger partial charge in [0.1, 0.15) is 6.10 Å². The molecule has 2 unspecified atom stereocenters. The Labute approximate surface area is 89.5 Å². The normalized spacial score (nSPS) is 15.4. The number of hydrogen-bond acceptors (Lipinski definition) is 3. The number of aliphatic hydroxyl groups excluding tert-OH is 2. The van der Waals surface area contributed by atoms with Crippen molar-refractivity contribution in [2.24, 2.45) is 0 Å². The van der Waals surface area contributed by atoms with E-state index in [9.17, 15) is 10.2 Å². The van der Waals surface area contributed by atoms with Crippen molar-refractivity contribution in [1.82, 2.24) is 4.98 Å². The highest BCUT2D eigenvalue weighted by molar-refractivity contribution is 9.09. The van der Waals surface area contributed by atoms with E-state index in [1.807, 2.05) is 0 Å². The van der Waals surface area contributed by atoms with Gasteiger partial charge in [0.2, 0.25) is 0 Å². The first-order valence-electron chi connectivity index (χ1n) is 3.68. The van der Waals surface area contributed by atoms with Crippen molar-refractivity contribution in [3.63, 3.8) is 0 Å². The molecule has 0 spiro atoms. The maximum atomic E-state index is 9.51. The van der Waals surface area contributed by atoms with Crippen LogP contribution in [0.2, 0.25) is 5.02 Å². The third-order valence-electron chi connectivity index (χ3n) is 1.57. The molecule has 0 aliphatic carbocycles. The summed E-state index contributed by atoms with van der Waals surface area (Å²) in [5, 5.41) is 19.6. The standard InChI is InChI=1S/C8H9BrClNO2/c9-4-7(12)8(13)6-3-5(10)1-2-11-6/h1-3,7-8,12-13H,4H2. The lowest BCUT2D eigenvalue weighted by atomic mass is 10.1. The zero-order chi connectivity index (χ0) is 9.84. The molecule has 0 saturated carbocycles. The number of aliphatic hydroxyl groups is 2. The molecule has 2 N–H and O–H groups in total. The zero-order valence-corrected chi connectivity index (χ0v) is 9.03. The van der Waals surface area contributed by atoms with Crippen LogP contribution in [0, 0.1) is 0 Å². The minimum absolute atomic E-state index is 0.294. The molecule has 0 saturated heterocycles. The van der Waals surface area contributed by atoms with Crippen molar-refractivity contribution in [2.45, 2.75) is 12.2 Å². The Morgan fingerprint density at radius 2 is 2.23 bits per heavy atom. The zero-order valence-electron chi connectivity index (χ0n) is 6.69. The molecule has 1 rings (SSSR count). The number of halogens is 2. The van der Waals surface area contributed by atoms with Crippen LogP contribution in [0.25, 0.3) is 0 Å². The molecular formula is C8H9BrClNO2. The van der Waals surface area contributed by atoms with Gasteiger partial charge in [0.15, 0.2) is 0 Å². The molecule has 0 amide bonds. The van der Waals surface area contributed by atoms with Gasteiger partial charge >= 0.3 is 0 Å². The van der Waals surface area contributed by atoms with Crippen LogP contribution >= 0.6 is 27.5 Å². The second kappa shape index (κ2) is 4.91. The topological polar surface area (TPSA) is 53.4 Å². The van der Waals surface area contributed by atoms with Gasteiger partial charge in [-0.15, -0.1) is 0 Å². The smallest absolute Gasteiger partial charge is 0.123 e. The van der Waals surface area contributed by atoms with Crippen molar-refractivity contribution in [2.75, 3.05) is 5.33 Å². The van der Waals surface area contributed by atoms with E-state index in [0.717, 1.165) is 0 Å². The van der Waals surface area contributed by atoms with Gasteiger partial charge in [0.25, 0.3) is 0 Å². The van der Waals surface area contributed by atoms with Crippen molar-refractivity contribution in [3.05, 3.63) is 29.0 Å². The first kappa shape index (κ1) is 10.9. The van der Waals surface area contributed by atoms with Crippen LogP contribution in [0.15, 0.2) is 18.3 Å². The van der Waals surface area contributed by atoms with Crippen molar-refractivity contribution >= 4 is 27.5 Å². The molecule has 1 aromatic rings. The van der Waals surface area contributed by atoms with Crippen LogP contribution in [0.4, 0.5) is 0 Å². The third-order valence-corrected chi connectivity index (χ3v) is 2.47. The summed E-state index contributed by atoms with van der Waals surface area (Å²) in [7, 11) is 0. The molecule has 3 nitrogen and oxygen atoms in total. The predicted molar refractivity (Wildman–Crippen MR) is 54.0 cm³/mol. The summed E-state index contributed by atoms with van der Waals surface area (Å²) >= 11 is 8.75. The van der Waals surface area contributed by atoms with E-state index in [4.69, 9.17) is 11.6 Å². The average Bonchev–Trinajstić information content (AvgIpc) is 2.15. The fourth-order valence-electron chi connectivity index (χ4n) is 0.864. The lowest BCUT2D eigenvalue weighted by Gasteiger charge is -2.14. The van der Waals surface area contributed by atoms with Crippen molar-refractivity contribution in [3.8, 4) is 0 Å². The molecule has 0 fully saturated rings. The summed E-state index contributed by atoms with van der Waals surface area (Å²) in [6.07, 6.45) is -0.383. The van der Waals surface area contributed by atoms with Gasteiger partial charge in [-0.3, -0.25) is 4.98 Å². The van der Waals surface area contributed by atoms with Gasteiger partial charge < -0.3 is 10.2 Å². The number of alkyl halides is 1. The Hall–Kier alpha value is -0.160. The summed E-state index contributed by atoms with van der Waals surface area (Å²) in [6.45, 7) is 0. The highest BCUT2D eigenvalue weighted by Crippen LogP contribution is 2.18. The molecule has 0 bridgehead atoms. The van der Waals surface area contributed by atoms with Gasteiger partial charge in [-0.1, -0.05) is 27.5 Å². The summed E-state index contributed by atoms with van der Waals surface area (Å²) < 4.78 is 0. The summed E-state index contributed by atoms with van der Waals surface area (Å²) in [5.74, 6) is 0. The van der Waals surface area contributed by atoms with E-state index in [0.29, 0.717) is 16.0 Å². The SMILES string of the molecule is OC(CBr)C(O)c1cc(Cl)ccn1. The molecule has 0 aliphatic rings.